The van der Waals surface area contributed by atoms with Gasteiger partial charge in [0, 0.05) is 13.6 Å². The van der Waals surface area contributed by atoms with Gasteiger partial charge >= 0.3 is 0 Å². The van der Waals surface area contributed by atoms with Crippen LogP contribution in [-0.4, -0.2) is 39.4 Å². The number of aryl methyl sites for hydroxylation is 1. The van der Waals surface area contributed by atoms with Crippen LogP contribution < -0.4 is 5.32 Å². The maximum atomic E-state index is 13.8. The summed E-state index contributed by atoms with van der Waals surface area (Å²) in [7, 11) is -2.23. The van der Waals surface area contributed by atoms with E-state index in [0.29, 0.717) is 12.5 Å². The molecule has 2 rings (SSSR count). The summed E-state index contributed by atoms with van der Waals surface area (Å²) in [6.45, 7) is 4.03. The minimum Gasteiger partial charge on any atom is -0.317 e. The van der Waals surface area contributed by atoms with Crippen molar-refractivity contribution in [2.75, 3.05) is 26.7 Å². The first-order chi connectivity index (χ1) is 9.41. The minimum absolute atomic E-state index is 0.228. The molecule has 0 aliphatic carbocycles. The van der Waals surface area contributed by atoms with Crippen LogP contribution in [0.15, 0.2) is 23.1 Å². The molecule has 0 amide bonds. The SMILES string of the molecule is Cc1ccc(F)c(S(=O)(=O)N(C)CC2CCNCC2)c1. The number of sulfonamides is 1. The third-order valence-electron chi connectivity index (χ3n) is 3.75. The van der Waals surface area contributed by atoms with E-state index in [2.05, 4.69) is 5.32 Å². The predicted molar refractivity (Wildman–Crippen MR) is 76.5 cm³/mol. The quantitative estimate of drug-likeness (QED) is 0.922. The fourth-order valence-corrected chi connectivity index (χ4v) is 3.89. The highest BCUT2D eigenvalue weighted by molar-refractivity contribution is 7.89. The third kappa shape index (κ3) is 3.37. The Balaban J connectivity index is 2.18. The summed E-state index contributed by atoms with van der Waals surface area (Å²) in [5.41, 5.74) is 0.736. The fourth-order valence-electron chi connectivity index (χ4n) is 2.50. The van der Waals surface area contributed by atoms with Crippen molar-refractivity contribution in [2.45, 2.75) is 24.7 Å². The Kier molecular flexibility index (Phi) is 4.78. The number of hydrogen-bond donors (Lipinski definition) is 1. The molecule has 1 aliphatic rings. The first-order valence-corrected chi connectivity index (χ1v) is 8.28. The van der Waals surface area contributed by atoms with Crippen LogP contribution in [0.1, 0.15) is 18.4 Å². The summed E-state index contributed by atoms with van der Waals surface area (Å²) in [4.78, 5) is -0.228. The second-order valence-electron chi connectivity index (χ2n) is 5.41. The molecule has 1 heterocycles. The van der Waals surface area contributed by atoms with Crippen LogP contribution in [-0.2, 0) is 10.0 Å². The Morgan fingerprint density at radius 3 is 2.65 bits per heavy atom. The Morgan fingerprint density at radius 2 is 2.00 bits per heavy atom. The molecule has 6 heteroatoms. The van der Waals surface area contributed by atoms with Gasteiger partial charge in [0.2, 0.25) is 10.0 Å². The molecule has 1 aromatic carbocycles. The van der Waals surface area contributed by atoms with E-state index in [-0.39, 0.29) is 4.90 Å². The molecule has 1 aromatic rings. The van der Waals surface area contributed by atoms with E-state index in [1.165, 1.54) is 23.5 Å². The monoisotopic (exact) mass is 300 g/mol. The Morgan fingerprint density at radius 1 is 1.35 bits per heavy atom. The van der Waals surface area contributed by atoms with Crippen LogP contribution in [0.4, 0.5) is 4.39 Å². The summed E-state index contributed by atoms with van der Waals surface area (Å²) in [6, 6.07) is 4.17. The van der Waals surface area contributed by atoms with Gasteiger partial charge in [0.25, 0.3) is 0 Å². The topological polar surface area (TPSA) is 49.4 Å². The lowest BCUT2D eigenvalue weighted by Crippen LogP contribution is -2.37. The number of rotatable bonds is 4. The van der Waals surface area contributed by atoms with Gasteiger partial charge < -0.3 is 5.32 Å². The fraction of sp³-hybridized carbons (Fsp3) is 0.571. The average Bonchev–Trinajstić information content (AvgIpc) is 2.42. The Bertz CT molecular complexity index is 569. The van der Waals surface area contributed by atoms with Gasteiger partial charge in [-0.2, -0.15) is 0 Å². The first-order valence-electron chi connectivity index (χ1n) is 6.84. The summed E-state index contributed by atoms with van der Waals surface area (Å²) in [5, 5.41) is 3.25. The van der Waals surface area contributed by atoms with Crippen LogP contribution in [0.2, 0.25) is 0 Å². The van der Waals surface area contributed by atoms with Crippen molar-refractivity contribution in [1.82, 2.24) is 9.62 Å². The maximum absolute atomic E-state index is 13.8. The molecule has 112 valence electrons. The molecule has 0 spiro atoms. The number of halogens is 1. The van der Waals surface area contributed by atoms with Crippen LogP contribution in [0, 0.1) is 18.7 Å². The number of piperidine rings is 1. The summed E-state index contributed by atoms with van der Waals surface area (Å²) in [6.07, 6.45) is 1.91. The molecule has 0 aromatic heterocycles. The average molecular weight is 300 g/mol. The van der Waals surface area contributed by atoms with Crippen molar-refractivity contribution in [3.05, 3.63) is 29.6 Å². The zero-order chi connectivity index (χ0) is 14.8. The first kappa shape index (κ1) is 15.4. The number of benzene rings is 1. The van der Waals surface area contributed by atoms with Gasteiger partial charge in [-0.1, -0.05) is 6.07 Å². The van der Waals surface area contributed by atoms with Gasteiger partial charge in [0.1, 0.15) is 10.7 Å². The van der Waals surface area contributed by atoms with E-state index in [0.717, 1.165) is 31.5 Å². The second kappa shape index (κ2) is 6.20. The lowest BCUT2D eigenvalue weighted by atomic mass is 9.98. The zero-order valence-corrected chi connectivity index (χ0v) is 12.7. The van der Waals surface area contributed by atoms with Crippen LogP contribution in [0.3, 0.4) is 0 Å². The highest BCUT2D eigenvalue weighted by atomic mass is 32.2. The van der Waals surface area contributed by atoms with Crippen molar-refractivity contribution >= 4 is 10.0 Å². The standard InChI is InChI=1S/C14H21FN2O2S/c1-11-3-4-13(15)14(9-11)20(18,19)17(2)10-12-5-7-16-8-6-12/h3-4,9,12,16H,5-8,10H2,1-2H3. The minimum atomic E-state index is -3.75. The molecule has 4 nitrogen and oxygen atoms in total. The van der Waals surface area contributed by atoms with Crippen LogP contribution >= 0.6 is 0 Å². The molecule has 1 aliphatic heterocycles. The summed E-state index contributed by atoms with van der Waals surface area (Å²) in [5.74, 6) is -0.350. The lowest BCUT2D eigenvalue weighted by molar-refractivity contribution is 0.310. The van der Waals surface area contributed by atoms with E-state index in [1.54, 1.807) is 13.0 Å². The Labute approximate surface area is 120 Å². The molecule has 1 saturated heterocycles. The molecule has 1 N–H and O–H groups in total. The van der Waals surface area contributed by atoms with Crippen LogP contribution in [0.5, 0.6) is 0 Å². The van der Waals surface area contributed by atoms with Crippen molar-refractivity contribution in [2.24, 2.45) is 5.92 Å². The van der Waals surface area contributed by atoms with Gasteiger partial charge in [0.15, 0.2) is 0 Å². The van der Waals surface area contributed by atoms with Crippen molar-refractivity contribution in [1.29, 1.82) is 0 Å². The number of nitrogens with zero attached hydrogens (tertiary/aromatic N) is 1. The maximum Gasteiger partial charge on any atom is 0.245 e. The van der Waals surface area contributed by atoms with E-state index in [4.69, 9.17) is 0 Å². The van der Waals surface area contributed by atoms with Crippen LogP contribution in [0.25, 0.3) is 0 Å². The smallest absolute Gasteiger partial charge is 0.245 e. The Hall–Kier alpha value is -0.980. The molecule has 20 heavy (non-hydrogen) atoms. The van der Waals surface area contributed by atoms with Gasteiger partial charge in [0.05, 0.1) is 0 Å². The molecule has 0 saturated carbocycles. The van der Waals surface area contributed by atoms with E-state index in [9.17, 15) is 12.8 Å². The van der Waals surface area contributed by atoms with Crippen molar-refractivity contribution < 1.29 is 12.8 Å². The molecule has 0 unspecified atom stereocenters. The summed E-state index contributed by atoms with van der Waals surface area (Å²) >= 11 is 0. The van der Waals surface area contributed by atoms with Crippen molar-refractivity contribution in [3.8, 4) is 0 Å². The van der Waals surface area contributed by atoms with E-state index >= 15 is 0 Å². The second-order valence-corrected chi connectivity index (χ2v) is 7.43. The largest absolute Gasteiger partial charge is 0.317 e. The molecular weight excluding hydrogens is 279 g/mol. The highest BCUT2D eigenvalue weighted by Gasteiger charge is 2.27. The van der Waals surface area contributed by atoms with E-state index < -0.39 is 15.8 Å². The molecular formula is C14H21FN2O2S. The lowest BCUT2D eigenvalue weighted by Gasteiger charge is -2.27. The number of nitrogens with one attached hydrogen (secondary N) is 1. The normalized spacial score (nSPS) is 17.6. The summed E-state index contributed by atoms with van der Waals surface area (Å²) < 4.78 is 40.0. The molecule has 0 bridgehead atoms. The highest BCUT2D eigenvalue weighted by Crippen LogP contribution is 2.22. The van der Waals surface area contributed by atoms with Gasteiger partial charge in [-0.05, 0) is 56.5 Å². The zero-order valence-electron chi connectivity index (χ0n) is 11.9. The number of hydrogen-bond acceptors (Lipinski definition) is 3. The molecule has 0 atom stereocenters. The van der Waals surface area contributed by atoms with Gasteiger partial charge in [-0.3, -0.25) is 0 Å². The van der Waals surface area contributed by atoms with Gasteiger partial charge in [-0.25, -0.2) is 17.1 Å². The predicted octanol–water partition coefficient (Wildman–Crippen LogP) is 1.75. The van der Waals surface area contributed by atoms with E-state index in [1.807, 2.05) is 0 Å². The molecule has 0 radical (unpaired) electrons. The molecule has 1 fully saturated rings. The van der Waals surface area contributed by atoms with Gasteiger partial charge in [-0.15, -0.1) is 0 Å². The van der Waals surface area contributed by atoms with Crippen molar-refractivity contribution in [3.63, 3.8) is 0 Å². The third-order valence-corrected chi connectivity index (χ3v) is 5.59.